The van der Waals surface area contributed by atoms with Crippen molar-refractivity contribution in [2.75, 3.05) is 12.4 Å². The maximum Gasteiger partial charge on any atom is 0.0237 e. The lowest BCUT2D eigenvalue weighted by molar-refractivity contribution is 0.253. The van der Waals surface area contributed by atoms with Crippen LogP contribution in [0.15, 0.2) is 60.7 Å². The van der Waals surface area contributed by atoms with Gasteiger partial charge in [-0.1, -0.05) is 60.7 Å². The summed E-state index contributed by atoms with van der Waals surface area (Å²) >= 11 is 5.79. The highest BCUT2D eigenvalue weighted by atomic mass is 35.5. The Labute approximate surface area is 127 Å². The average Bonchev–Trinajstić information content (AvgIpc) is 2.49. The Morgan fingerprint density at radius 2 is 1.20 bits per heavy atom. The van der Waals surface area contributed by atoms with Crippen LogP contribution >= 0.6 is 11.6 Å². The first-order chi connectivity index (χ1) is 9.88. The second-order valence-corrected chi connectivity index (χ2v) is 5.46. The van der Waals surface area contributed by atoms with Crippen molar-refractivity contribution in [2.24, 2.45) is 0 Å². The van der Waals surface area contributed by atoms with Crippen molar-refractivity contribution in [3.63, 3.8) is 0 Å². The van der Waals surface area contributed by atoms with Crippen LogP contribution in [-0.2, 0) is 13.1 Å². The number of unbranched alkanes of at least 4 members (excludes halogenated alkanes) is 1. The van der Waals surface area contributed by atoms with Crippen molar-refractivity contribution in [1.29, 1.82) is 0 Å². The molecular formula is C18H22ClN. The van der Waals surface area contributed by atoms with E-state index in [4.69, 9.17) is 11.6 Å². The van der Waals surface area contributed by atoms with Crippen molar-refractivity contribution in [2.45, 2.75) is 25.9 Å². The summed E-state index contributed by atoms with van der Waals surface area (Å²) in [5.74, 6) is 0.754. The van der Waals surface area contributed by atoms with Gasteiger partial charge in [-0.3, -0.25) is 4.90 Å². The molecule has 0 bridgehead atoms. The lowest BCUT2D eigenvalue weighted by Crippen LogP contribution is -2.24. The standard InChI is InChI=1S/C18H22ClN/c19-13-7-8-14-20(15-17-9-3-1-4-10-17)16-18-11-5-2-6-12-18/h1-6,9-12H,7-8,13-16H2. The molecule has 0 amide bonds. The van der Waals surface area contributed by atoms with E-state index in [1.165, 1.54) is 11.1 Å². The molecule has 0 aromatic heterocycles. The number of rotatable bonds is 8. The summed E-state index contributed by atoms with van der Waals surface area (Å²) in [5.41, 5.74) is 2.74. The molecule has 2 rings (SSSR count). The zero-order valence-corrected chi connectivity index (χ0v) is 12.6. The molecule has 0 fully saturated rings. The summed E-state index contributed by atoms with van der Waals surface area (Å²) in [7, 11) is 0. The van der Waals surface area contributed by atoms with Gasteiger partial charge in [0.15, 0.2) is 0 Å². The van der Waals surface area contributed by atoms with Gasteiger partial charge in [-0.25, -0.2) is 0 Å². The number of hydrogen-bond donors (Lipinski definition) is 0. The van der Waals surface area contributed by atoms with E-state index in [0.717, 1.165) is 38.4 Å². The Hall–Kier alpha value is -1.31. The average molecular weight is 288 g/mol. The van der Waals surface area contributed by atoms with E-state index in [0.29, 0.717) is 0 Å². The smallest absolute Gasteiger partial charge is 0.0237 e. The van der Waals surface area contributed by atoms with Crippen LogP contribution in [0.1, 0.15) is 24.0 Å². The Morgan fingerprint density at radius 3 is 1.65 bits per heavy atom. The largest absolute Gasteiger partial charge is 0.295 e. The molecule has 0 radical (unpaired) electrons. The van der Waals surface area contributed by atoms with Gasteiger partial charge in [0.1, 0.15) is 0 Å². The van der Waals surface area contributed by atoms with E-state index < -0.39 is 0 Å². The Morgan fingerprint density at radius 1 is 0.700 bits per heavy atom. The van der Waals surface area contributed by atoms with E-state index in [-0.39, 0.29) is 0 Å². The van der Waals surface area contributed by atoms with E-state index in [1.54, 1.807) is 0 Å². The van der Waals surface area contributed by atoms with Gasteiger partial charge >= 0.3 is 0 Å². The second-order valence-electron chi connectivity index (χ2n) is 5.08. The lowest BCUT2D eigenvalue weighted by Gasteiger charge is -2.22. The molecule has 0 saturated carbocycles. The summed E-state index contributed by atoms with van der Waals surface area (Å²) in [6, 6.07) is 21.3. The molecule has 2 aromatic rings. The first-order valence-corrected chi connectivity index (χ1v) is 7.78. The third kappa shape index (κ3) is 5.36. The molecule has 20 heavy (non-hydrogen) atoms. The number of alkyl halides is 1. The molecule has 0 N–H and O–H groups in total. The van der Waals surface area contributed by atoms with Crippen LogP contribution in [0, 0.1) is 0 Å². The third-order valence-electron chi connectivity index (χ3n) is 3.36. The van der Waals surface area contributed by atoms with Crippen LogP contribution in [0.2, 0.25) is 0 Å². The zero-order chi connectivity index (χ0) is 14.0. The van der Waals surface area contributed by atoms with Crippen LogP contribution in [-0.4, -0.2) is 17.3 Å². The summed E-state index contributed by atoms with van der Waals surface area (Å²) in [6.45, 7) is 3.09. The van der Waals surface area contributed by atoms with Gasteiger partial charge in [-0.2, -0.15) is 0 Å². The van der Waals surface area contributed by atoms with E-state index in [9.17, 15) is 0 Å². The molecule has 1 nitrogen and oxygen atoms in total. The fourth-order valence-electron chi connectivity index (χ4n) is 2.33. The minimum atomic E-state index is 0.754. The predicted octanol–water partition coefficient (Wildman–Crippen LogP) is 4.71. The number of hydrogen-bond acceptors (Lipinski definition) is 1. The monoisotopic (exact) mass is 287 g/mol. The van der Waals surface area contributed by atoms with Crippen LogP contribution in [0.25, 0.3) is 0 Å². The summed E-state index contributed by atoms with van der Waals surface area (Å²) in [4.78, 5) is 2.50. The SMILES string of the molecule is ClCCCCN(Cc1ccccc1)Cc1ccccc1. The minimum Gasteiger partial charge on any atom is -0.295 e. The van der Waals surface area contributed by atoms with E-state index in [2.05, 4.69) is 65.6 Å². The van der Waals surface area contributed by atoms with Gasteiger partial charge in [-0.15, -0.1) is 11.6 Å². The molecule has 2 aromatic carbocycles. The van der Waals surface area contributed by atoms with Gasteiger partial charge in [0.2, 0.25) is 0 Å². The highest BCUT2D eigenvalue weighted by Crippen LogP contribution is 2.11. The fourth-order valence-corrected chi connectivity index (χ4v) is 2.52. The van der Waals surface area contributed by atoms with Gasteiger partial charge in [0, 0.05) is 19.0 Å². The molecule has 0 unspecified atom stereocenters. The Bertz CT molecular complexity index is 428. The molecular weight excluding hydrogens is 266 g/mol. The molecule has 0 saturated heterocycles. The van der Waals surface area contributed by atoms with E-state index >= 15 is 0 Å². The molecule has 0 aliphatic rings. The first-order valence-electron chi connectivity index (χ1n) is 7.24. The van der Waals surface area contributed by atoms with Gasteiger partial charge in [-0.05, 0) is 30.5 Å². The Kier molecular flexibility index (Phi) is 6.62. The summed E-state index contributed by atoms with van der Waals surface area (Å²) in [6.07, 6.45) is 2.24. The molecule has 0 heterocycles. The molecule has 0 spiro atoms. The van der Waals surface area contributed by atoms with Crippen molar-refractivity contribution in [3.8, 4) is 0 Å². The molecule has 106 valence electrons. The maximum absolute atomic E-state index is 5.79. The maximum atomic E-state index is 5.79. The van der Waals surface area contributed by atoms with Crippen molar-refractivity contribution < 1.29 is 0 Å². The highest BCUT2D eigenvalue weighted by molar-refractivity contribution is 6.17. The minimum absolute atomic E-state index is 0.754. The summed E-state index contributed by atoms with van der Waals surface area (Å²) < 4.78 is 0. The quantitative estimate of drug-likeness (QED) is 0.502. The third-order valence-corrected chi connectivity index (χ3v) is 3.62. The van der Waals surface area contributed by atoms with Crippen LogP contribution in [0.4, 0.5) is 0 Å². The molecule has 0 aliphatic heterocycles. The van der Waals surface area contributed by atoms with Crippen LogP contribution in [0.5, 0.6) is 0 Å². The number of nitrogens with zero attached hydrogens (tertiary/aromatic N) is 1. The molecule has 0 aliphatic carbocycles. The summed E-state index contributed by atoms with van der Waals surface area (Å²) in [5, 5.41) is 0. The normalized spacial score (nSPS) is 10.9. The Balaban J connectivity index is 1.96. The fraction of sp³-hybridized carbons (Fsp3) is 0.333. The highest BCUT2D eigenvalue weighted by Gasteiger charge is 2.06. The first kappa shape index (κ1) is 15.1. The zero-order valence-electron chi connectivity index (χ0n) is 11.8. The van der Waals surface area contributed by atoms with Gasteiger partial charge in [0.05, 0.1) is 0 Å². The predicted molar refractivity (Wildman–Crippen MR) is 87.0 cm³/mol. The van der Waals surface area contributed by atoms with Crippen molar-refractivity contribution >= 4 is 11.6 Å². The number of benzene rings is 2. The van der Waals surface area contributed by atoms with Crippen molar-refractivity contribution in [1.82, 2.24) is 4.90 Å². The van der Waals surface area contributed by atoms with Gasteiger partial charge in [0.25, 0.3) is 0 Å². The lowest BCUT2D eigenvalue weighted by atomic mass is 10.1. The van der Waals surface area contributed by atoms with E-state index in [1.807, 2.05) is 0 Å². The van der Waals surface area contributed by atoms with Crippen LogP contribution < -0.4 is 0 Å². The van der Waals surface area contributed by atoms with Crippen LogP contribution in [0.3, 0.4) is 0 Å². The topological polar surface area (TPSA) is 3.24 Å². The second kappa shape index (κ2) is 8.78. The van der Waals surface area contributed by atoms with Crippen molar-refractivity contribution in [3.05, 3.63) is 71.8 Å². The molecule has 2 heteroatoms. The molecule has 0 atom stereocenters. The number of halogens is 1. The van der Waals surface area contributed by atoms with Gasteiger partial charge < -0.3 is 0 Å².